The minimum absolute atomic E-state index is 0.979. The molecule has 0 spiro atoms. The van der Waals surface area contributed by atoms with Crippen LogP contribution in [0.4, 0.5) is 0 Å². The van der Waals surface area contributed by atoms with Gasteiger partial charge in [0, 0.05) is 0 Å². The lowest BCUT2D eigenvalue weighted by atomic mass is 9.61. The van der Waals surface area contributed by atoms with E-state index in [4.69, 9.17) is 0 Å². The van der Waals surface area contributed by atoms with Crippen LogP contribution in [0, 0.1) is 71.0 Å². The fourth-order valence-corrected chi connectivity index (χ4v) is 11.8. The molecule has 10 atom stereocenters. The van der Waals surface area contributed by atoms with Crippen LogP contribution < -0.4 is 0 Å². The molecule has 10 unspecified atom stereocenters. The van der Waals surface area contributed by atoms with Gasteiger partial charge >= 0.3 is 0 Å². The number of allylic oxidation sites excluding steroid dienone is 2. The lowest BCUT2D eigenvalue weighted by Crippen LogP contribution is -2.37. The van der Waals surface area contributed by atoms with Gasteiger partial charge in [0.1, 0.15) is 0 Å². The summed E-state index contributed by atoms with van der Waals surface area (Å²) < 4.78 is 0. The molecule has 0 saturated heterocycles. The smallest absolute Gasteiger partial charge is 0.0199 e. The van der Waals surface area contributed by atoms with Crippen molar-refractivity contribution in [3.8, 4) is 0 Å². The third-order valence-corrected chi connectivity index (χ3v) is 12.5. The van der Waals surface area contributed by atoms with Crippen LogP contribution >= 0.6 is 0 Å². The Morgan fingerprint density at radius 3 is 1.30 bits per heavy atom. The molecule has 6 fully saturated rings. The number of hydrogen-bond donors (Lipinski definition) is 0. The van der Waals surface area contributed by atoms with Gasteiger partial charge in [0.05, 0.1) is 0 Å². The molecule has 166 valence electrons. The quantitative estimate of drug-likeness (QED) is 0.414. The molecular formula is C30H46. The minimum Gasteiger partial charge on any atom is -0.0848 e. The van der Waals surface area contributed by atoms with Crippen molar-refractivity contribution in [3.05, 3.63) is 12.2 Å². The van der Waals surface area contributed by atoms with Gasteiger partial charge in [0.25, 0.3) is 0 Å². The Kier molecular flexibility index (Phi) is 4.91. The Balaban J connectivity index is 1.13. The second kappa shape index (κ2) is 7.66. The molecule has 0 aliphatic heterocycles. The predicted octanol–water partition coefficient (Wildman–Crippen LogP) is 8.27. The van der Waals surface area contributed by atoms with Crippen LogP contribution in [0.3, 0.4) is 0 Å². The van der Waals surface area contributed by atoms with Crippen molar-refractivity contribution in [3.63, 3.8) is 0 Å². The molecule has 7 rings (SSSR count). The lowest BCUT2D eigenvalue weighted by molar-refractivity contribution is 0.0983. The molecular weight excluding hydrogens is 360 g/mol. The molecule has 0 aromatic carbocycles. The molecule has 0 radical (unpaired) electrons. The second-order valence-electron chi connectivity index (χ2n) is 13.2. The van der Waals surface area contributed by atoms with Gasteiger partial charge in [-0.05, 0) is 135 Å². The van der Waals surface area contributed by atoms with Gasteiger partial charge in [-0.25, -0.2) is 0 Å². The van der Waals surface area contributed by atoms with Crippen LogP contribution in [0.25, 0.3) is 0 Å². The van der Waals surface area contributed by atoms with Crippen LogP contribution in [0.2, 0.25) is 0 Å². The molecule has 0 bridgehead atoms. The normalized spacial score (nSPS) is 56.3. The van der Waals surface area contributed by atoms with E-state index in [2.05, 4.69) is 12.2 Å². The Labute approximate surface area is 186 Å². The van der Waals surface area contributed by atoms with Crippen molar-refractivity contribution in [2.45, 2.75) is 103 Å². The van der Waals surface area contributed by atoms with Crippen molar-refractivity contribution in [1.82, 2.24) is 0 Å². The van der Waals surface area contributed by atoms with E-state index in [9.17, 15) is 0 Å². The molecule has 30 heavy (non-hydrogen) atoms. The summed E-state index contributed by atoms with van der Waals surface area (Å²) in [5, 5.41) is 0. The van der Waals surface area contributed by atoms with Crippen molar-refractivity contribution >= 4 is 0 Å². The zero-order valence-corrected chi connectivity index (χ0v) is 19.4. The van der Waals surface area contributed by atoms with Gasteiger partial charge in [-0.2, -0.15) is 0 Å². The van der Waals surface area contributed by atoms with E-state index in [1.807, 2.05) is 0 Å². The molecule has 0 aromatic rings. The average Bonchev–Trinajstić information content (AvgIpc) is 3.30. The summed E-state index contributed by atoms with van der Waals surface area (Å²) in [4.78, 5) is 0. The van der Waals surface area contributed by atoms with Crippen LogP contribution in [-0.4, -0.2) is 0 Å². The minimum atomic E-state index is 0.979. The first-order valence-electron chi connectivity index (χ1n) is 14.6. The predicted molar refractivity (Wildman–Crippen MR) is 125 cm³/mol. The van der Waals surface area contributed by atoms with Gasteiger partial charge in [-0.3, -0.25) is 0 Å². The van der Waals surface area contributed by atoms with Crippen molar-refractivity contribution in [2.75, 3.05) is 0 Å². The standard InChI is InChI=1S/C30H46/c1-3-11-23-21(9-1)22-10-2-4-12-24(22)25(23)17-18-26-27-13-5-7-19-15-16-20-8-6-14-28(26)30(20)29(19)27/h15-16,19-30H,1-14,17-18H2. The number of rotatable bonds is 3. The summed E-state index contributed by atoms with van der Waals surface area (Å²) in [5.74, 6) is 13.3. The zero-order valence-electron chi connectivity index (χ0n) is 19.4. The third kappa shape index (κ3) is 2.83. The molecule has 0 N–H and O–H groups in total. The molecule has 0 aromatic heterocycles. The van der Waals surface area contributed by atoms with Crippen LogP contribution in [-0.2, 0) is 0 Å². The van der Waals surface area contributed by atoms with E-state index in [1.54, 1.807) is 77.0 Å². The maximum Gasteiger partial charge on any atom is -0.0199 e. The monoisotopic (exact) mass is 406 g/mol. The maximum absolute atomic E-state index is 2.72. The molecule has 7 aliphatic carbocycles. The second-order valence-corrected chi connectivity index (χ2v) is 13.2. The topological polar surface area (TPSA) is 0 Å². The maximum atomic E-state index is 2.72. The Morgan fingerprint density at radius 1 is 0.400 bits per heavy atom. The number of hydrogen-bond acceptors (Lipinski definition) is 0. The highest BCUT2D eigenvalue weighted by molar-refractivity contribution is 5.15. The fourth-order valence-electron chi connectivity index (χ4n) is 11.8. The summed E-state index contributed by atoms with van der Waals surface area (Å²) in [5.41, 5.74) is 0. The molecule has 0 heteroatoms. The van der Waals surface area contributed by atoms with Crippen LogP contribution in [0.5, 0.6) is 0 Å². The van der Waals surface area contributed by atoms with E-state index < -0.39 is 0 Å². The first-order chi connectivity index (χ1) is 14.9. The summed E-state index contributed by atoms with van der Waals surface area (Å²) in [6, 6.07) is 0. The van der Waals surface area contributed by atoms with Gasteiger partial charge in [0.15, 0.2) is 0 Å². The summed E-state index contributed by atoms with van der Waals surface area (Å²) in [6.07, 6.45) is 30.7. The van der Waals surface area contributed by atoms with Crippen LogP contribution in [0.15, 0.2) is 12.2 Å². The lowest BCUT2D eigenvalue weighted by Gasteiger charge is -2.44. The first kappa shape index (κ1) is 19.2. The third-order valence-electron chi connectivity index (χ3n) is 12.5. The summed E-state index contributed by atoms with van der Waals surface area (Å²) in [7, 11) is 0. The van der Waals surface area contributed by atoms with Gasteiger partial charge < -0.3 is 0 Å². The summed E-state index contributed by atoms with van der Waals surface area (Å²) >= 11 is 0. The highest BCUT2D eigenvalue weighted by Crippen LogP contribution is 2.65. The molecule has 0 amide bonds. The van der Waals surface area contributed by atoms with Gasteiger partial charge in [0.2, 0.25) is 0 Å². The van der Waals surface area contributed by atoms with Gasteiger partial charge in [-0.15, -0.1) is 0 Å². The Bertz CT molecular complexity index is 609. The van der Waals surface area contributed by atoms with E-state index in [0.717, 1.165) is 71.0 Å². The average molecular weight is 407 g/mol. The highest BCUT2D eigenvalue weighted by atomic mass is 14.6. The Hall–Kier alpha value is -0.260. The molecule has 6 saturated carbocycles. The van der Waals surface area contributed by atoms with Gasteiger partial charge in [-0.1, -0.05) is 50.7 Å². The Morgan fingerprint density at radius 2 is 0.800 bits per heavy atom. The van der Waals surface area contributed by atoms with Crippen molar-refractivity contribution in [1.29, 1.82) is 0 Å². The van der Waals surface area contributed by atoms with Crippen LogP contribution in [0.1, 0.15) is 103 Å². The van der Waals surface area contributed by atoms with E-state index in [0.29, 0.717) is 0 Å². The molecule has 7 aliphatic rings. The first-order valence-corrected chi connectivity index (χ1v) is 14.6. The largest absolute Gasteiger partial charge is 0.0848 e. The zero-order chi connectivity index (χ0) is 19.7. The molecule has 0 heterocycles. The van der Waals surface area contributed by atoms with Crippen molar-refractivity contribution < 1.29 is 0 Å². The van der Waals surface area contributed by atoms with E-state index >= 15 is 0 Å². The SMILES string of the molecule is C1=CC2CCCC3C(CCC4C5CCCCC5C5CCCCC54)C4CCCC1C4C23. The van der Waals surface area contributed by atoms with E-state index in [-0.39, 0.29) is 0 Å². The fraction of sp³-hybridized carbons (Fsp3) is 0.933. The number of fused-ring (bicyclic) bond motifs is 3. The van der Waals surface area contributed by atoms with Crippen molar-refractivity contribution in [2.24, 2.45) is 71.0 Å². The summed E-state index contributed by atoms with van der Waals surface area (Å²) in [6.45, 7) is 0. The highest BCUT2D eigenvalue weighted by Gasteiger charge is 2.57. The molecule has 0 nitrogen and oxygen atoms in total. The van der Waals surface area contributed by atoms with E-state index in [1.165, 1.54) is 25.7 Å².